The molecule has 0 atom stereocenters. The second-order valence-corrected chi connectivity index (χ2v) is 6.64. The van der Waals surface area contributed by atoms with E-state index < -0.39 is 0 Å². The summed E-state index contributed by atoms with van der Waals surface area (Å²) in [6.07, 6.45) is 5.66. The summed E-state index contributed by atoms with van der Waals surface area (Å²) in [4.78, 5) is 9.13. The summed E-state index contributed by atoms with van der Waals surface area (Å²) in [5.74, 6) is 1.55. The first-order chi connectivity index (χ1) is 8.72. The van der Waals surface area contributed by atoms with Crippen LogP contribution in [0, 0.1) is 0 Å². The number of aliphatic hydroxyl groups is 1. The van der Waals surface area contributed by atoms with E-state index in [1.165, 1.54) is 4.88 Å². The maximum Gasteiger partial charge on any atom is 0.109 e. The standard InChI is InChI=1S/C13H15BrN2OS/c14-9-5-12(18-7-9)11-6-15-13(16-11)8-1-3-10(17)4-2-8/h5-8,10,17H,1-4H2,(H,15,16). The molecule has 2 aromatic rings. The van der Waals surface area contributed by atoms with Crippen LogP contribution in [0.5, 0.6) is 0 Å². The van der Waals surface area contributed by atoms with Crippen LogP contribution in [0.3, 0.4) is 0 Å². The SMILES string of the molecule is OC1CCC(c2ncc(-c3cc(Br)cs3)[nH]2)CC1. The Morgan fingerprint density at radius 1 is 1.33 bits per heavy atom. The number of aromatic amines is 1. The number of aliphatic hydroxyl groups excluding tert-OH is 1. The van der Waals surface area contributed by atoms with Crippen molar-refractivity contribution < 1.29 is 5.11 Å². The molecule has 0 spiro atoms. The van der Waals surface area contributed by atoms with Crippen LogP contribution >= 0.6 is 27.3 Å². The van der Waals surface area contributed by atoms with Crippen LogP contribution in [0.2, 0.25) is 0 Å². The van der Waals surface area contributed by atoms with Gasteiger partial charge in [0.1, 0.15) is 5.82 Å². The highest BCUT2D eigenvalue weighted by Gasteiger charge is 2.23. The molecule has 1 saturated carbocycles. The predicted octanol–water partition coefficient (Wildman–Crippen LogP) is 3.92. The molecule has 0 aromatic carbocycles. The molecule has 0 saturated heterocycles. The van der Waals surface area contributed by atoms with Crippen molar-refractivity contribution in [2.45, 2.75) is 37.7 Å². The maximum absolute atomic E-state index is 9.53. The molecule has 1 aliphatic carbocycles. The quantitative estimate of drug-likeness (QED) is 0.878. The lowest BCUT2D eigenvalue weighted by Gasteiger charge is -2.23. The summed E-state index contributed by atoms with van der Waals surface area (Å²) in [7, 11) is 0. The summed E-state index contributed by atoms with van der Waals surface area (Å²) < 4.78 is 1.11. The molecule has 2 aromatic heterocycles. The van der Waals surface area contributed by atoms with Crippen molar-refractivity contribution >= 4 is 27.3 Å². The molecule has 5 heteroatoms. The van der Waals surface area contributed by atoms with Gasteiger partial charge in [0.15, 0.2) is 0 Å². The number of halogens is 1. The molecule has 2 heterocycles. The van der Waals surface area contributed by atoms with E-state index in [2.05, 4.69) is 37.3 Å². The lowest BCUT2D eigenvalue weighted by molar-refractivity contribution is 0.121. The van der Waals surface area contributed by atoms with Gasteiger partial charge in [-0.1, -0.05) is 0 Å². The zero-order valence-corrected chi connectivity index (χ0v) is 12.3. The van der Waals surface area contributed by atoms with Crippen LogP contribution in [0.1, 0.15) is 37.4 Å². The van der Waals surface area contributed by atoms with Crippen molar-refractivity contribution in [3.05, 3.63) is 27.9 Å². The third kappa shape index (κ3) is 2.53. The monoisotopic (exact) mass is 326 g/mol. The number of hydrogen-bond donors (Lipinski definition) is 2. The molecule has 96 valence electrons. The van der Waals surface area contributed by atoms with E-state index in [9.17, 15) is 5.11 Å². The highest BCUT2D eigenvalue weighted by atomic mass is 79.9. The van der Waals surface area contributed by atoms with Crippen LogP contribution in [0.15, 0.2) is 22.1 Å². The summed E-state index contributed by atoms with van der Waals surface area (Å²) >= 11 is 5.17. The van der Waals surface area contributed by atoms with Crippen molar-refractivity contribution in [1.29, 1.82) is 0 Å². The average Bonchev–Trinajstić information content (AvgIpc) is 2.98. The van der Waals surface area contributed by atoms with E-state index in [1.54, 1.807) is 11.3 Å². The first-order valence-corrected chi connectivity index (χ1v) is 7.87. The second kappa shape index (κ2) is 5.15. The zero-order chi connectivity index (χ0) is 12.5. The third-order valence-electron chi connectivity index (χ3n) is 3.51. The van der Waals surface area contributed by atoms with Crippen LogP contribution < -0.4 is 0 Å². The lowest BCUT2D eigenvalue weighted by Crippen LogP contribution is -2.17. The van der Waals surface area contributed by atoms with Gasteiger partial charge in [-0.05, 0) is 47.7 Å². The Morgan fingerprint density at radius 2 is 2.11 bits per heavy atom. The van der Waals surface area contributed by atoms with E-state index in [-0.39, 0.29) is 6.10 Å². The summed E-state index contributed by atoms with van der Waals surface area (Å²) in [6.45, 7) is 0. The van der Waals surface area contributed by atoms with Crippen LogP contribution in [0.25, 0.3) is 10.6 Å². The number of nitrogens with zero attached hydrogens (tertiary/aromatic N) is 1. The van der Waals surface area contributed by atoms with Crippen molar-refractivity contribution in [2.75, 3.05) is 0 Å². The van der Waals surface area contributed by atoms with Gasteiger partial charge in [0.25, 0.3) is 0 Å². The Labute approximate surface area is 118 Å². The largest absolute Gasteiger partial charge is 0.393 e. The van der Waals surface area contributed by atoms with Crippen molar-refractivity contribution in [3.8, 4) is 10.6 Å². The fourth-order valence-electron chi connectivity index (χ4n) is 2.47. The summed E-state index contributed by atoms with van der Waals surface area (Å²) in [5, 5.41) is 11.6. The van der Waals surface area contributed by atoms with Crippen molar-refractivity contribution in [2.24, 2.45) is 0 Å². The summed E-state index contributed by atoms with van der Waals surface area (Å²) in [6, 6.07) is 2.10. The predicted molar refractivity (Wildman–Crippen MR) is 76.8 cm³/mol. The molecule has 0 bridgehead atoms. The second-order valence-electron chi connectivity index (χ2n) is 4.82. The topological polar surface area (TPSA) is 48.9 Å². The number of nitrogens with one attached hydrogen (secondary N) is 1. The normalized spacial score (nSPS) is 24.3. The fraction of sp³-hybridized carbons (Fsp3) is 0.462. The highest BCUT2D eigenvalue weighted by molar-refractivity contribution is 9.10. The van der Waals surface area contributed by atoms with Gasteiger partial charge >= 0.3 is 0 Å². The van der Waals surface area contributed by atoms with Crippen molar-refractivity contribution in [3.63, 3.8) is 0 Å². The number of imidazole rings is 1. The Balaban J connectivity index is 1.77. The average molecular weight is 327 g/mol. The number of rotatable bonds is 2. The fourth-order valence-corrected chi connectivity index (χ4v) is 3.87. The smallest absolute Gasteiger partial charge is 0.109 e. The molecule has 3 nitrogen and oxygen atoms in total. The van der Waals surface area contributed by atoms with Gasteiger partial charge in [0.2, 0.25) is 0 Å². The van der Waals surface area contributed by atoms with E-state index in [0.717, 1.165) is 41.7 Å². The minimum absolute atomic E-state index is 0.107. The van der Waals surface area contributed by atoms with Gasteiger partial charge in [-0.3, -0.25) is 0 Å². The van der Waals surface area contributed by atoms with E-state index in [0.29, 0.717) is 5.92 Å². The molecule has 18 heavy (non-hydrogen) atoms. The van der Waals surface area contributed by atoms with Gasteiger partial charge in [0.05, 0.1) is 22.9 Å². The van der Waals surface area contributed by atoms with Gasteiger partial charge in [-0.2, -0.15) is 0 Å². The van der Waals surface area contributed by atoms with Crippen LogP contribution in [-0.2, 0) is 0 Å². The molecule has 0 amide bonds. The number of thiophene rings is 1. The van der Waals surface area contributed by atoms with Gasteiger partial charge in [-0.15, -0.1) is 11.3 Å². The van der Waals surface area contributed by atoms with Gasteiger partial charge in [0, 0.05) is 15.8 Å². The first kappa shape index (κ1) is 12.4. The lowest BCUT2D eigenvalue weighted by atomic mass is 9.87. The Hall–Kier alpha value is -0.650. The van der Waals surface area contributed by atoms with E-state index in [1.807, 2.05) is 6.20 Å². The highest BCUT2D eigenvalue weighted by Crippen LogP contribution is 2.34. The number of H-pyrrole nitrogens is 1. The van der Waals surface area contributed by atoms with Crippen LogP contribution in [0.4, 0.5) is 0 Å². The van der Waals surface area contributed by atoms with Gasteiger partial charge < -0.3 is 10.1 Å². The molecule has 2 N–H and O–H groups in total. The Bertz CT molecular complexity index is 529. The zero-order valence-electron chi connectivity index (χ0n) is 9.90. The number of aromatic nitrogens is 2. The summed E-state index contributed by atoms with van der Waals surface area (Å²) in [5.41, 5.74) is 1.09. The first-order valence-electron chi connectivity index (χ1n) is 6.20. The maximum atomic E-state index is 9.53. The Morgan fingerprint density at radius 3 is 2.78 bits per heavy atom. The number of hydrogen-bond acceptors (Lipinski definition) is 3. The minimum Gasteiger partial charge on any atom is -0.393 e. The molecule has 1 fully saturated rings. The van der Waals surface area contributed by atoms with Crippen molar-refractivity contribution in [1.82, 2.24) is 9.97 Å². The minimum atomic E-state index is -0.107. The molecular weight excluding hydrogens is 312 g/mol. The molecular formula is C13H15BrN2OS. The van der Waals surface area contributed by atoms with Gasteiger partial charge in [-0.25, -0.2) is 4.98 Å². The Kier molecular flexibility index (Phi) is 3.54. The molecule has 0 aliphatic heterocycles. The molecule has 3 rings (SSSR count). The van der Waals surface area contributed by atoms with E-state index >= 15 is 0 Å². The molecule has 0 unspecified atom stereocenters. The molecule has 0 radical (unpaired) electrons. The van der Waals surface area contributed by atoms with E-state index in [4.69, 9.17) is 0 Å². The third-order valence-corrected chi connectivity index (χ3v) is 5.24. The molecule has 1 aliphatic rings. The van der Waals surface area contributed by atoms with Crippen LogP contribution in [-0.4, -0.2) is 21.2 Å².